The summed E-state index contributed by atoms with van der Waals surface area (Å²) in [5, 5.41) is 9.40. The molecular formula is C14H13BrFNO3S. The van der Waals surface area contributed by atoms with Gasteiger partial charge in [-0.25, -0.2) is 17.5 Å². The average Bonchev–Trinajstić information content (AvgIpc) is 2.45. The molecule has 2 N–H and O–H groups in total. The van der Waals surface area contributed by atoms with Crippen LogP contribution < -0.4 is 4.72 Å². The fraction of sp³-hybridized carbons (Fsp3) is 0.143. The second kappa shape index (κ2) is 6.65. The third kappa shape index (κ3) is 3.88. The van der Waals surface area contributed by atoms with Crippen LogP contribution in [0.25, 0.3) is 0 Å². The lowest BCUT2D eigenvalue weighted by Crippen LogP contribution is -2.31. The number of benzene rings is 2. The van der Waals surface area contributed by atoms with Crippen molar-refractivity contribution in [3.63, 3.8) is 0 Å². The first-order valence-electron chi connectivity index (χ1n) is 6.07. The van der Waals surface area contributed by atoms with E-state index >= 15 is 0 Å². The second-order valence-electron chi connectivity index (χ2n) is 4.34. The summed E-state index contributed by atoms with van der Waals surface area (Å²) in [6.45, 7) is -0.387. The molecule has 0 aliphatic rings. The number of aliphatic hydroxyl groups excluding tert-OH is 1. The van der Waals surface area contributed by atoms with Gasteiger partial charge >= 0.3 is 0 Å². The molecule has 0 bridgehead atoms. The Morgan fingerprint density at radius 1 is 1.19 bits per heavy atom. The maximum Gasteiger partial charge on any atom is 0.242 e. The van der Waals surface area contributed by atoms with E-state index in [1.165, 1.54) is 6.07 Å². The molecule has 0 spiro atoms. The maximum atomic E-state index is 13.0. The standard InChI is InChI=1S/C14H13BrFNO3S/c15-12-8-11(16)6-7-14(12)21(19,20)17-13(9-18)10-4-2-1-3-5-10/h1-8,13,17-18H,9H2/t13-/m1/s1. The topological polar surface area (TPSA) is 66.4 Å². The summed E-state index contributed by atoms with van der Waals surface area (Å²) < 4.78 is 40.2. The van der Waals surface area contributed by atoms with E-state index in [-0.39, 0.29) is 16.0 Å². The first-order valence-corrected chi connectivity index (χ1v) is 8.35. The molecule has 0 saturated carbocycles. The average molecular weight is 374 g/mol. The van der Waals surface area contributed by atoms with E-state index < -0.39 is 21.9 Å². The van der Waals surface area contributed by atoms with Gasteiger partial charge in [0.1, 0.15) is 5.82 Å². The van der Waals surface area contributed by atoms with Crippen molar-refractivity contribution >= 4 is 26.0 Å². The molecule has 0 aliphatic heterocycles. The molecule has 0 fully saturated rings. The van der Waals surface area contributed by atoms with Gasteiger partial charge in [0, 0.05) is 4.47 Å². The molecule has 21 heavy (non-hydrogen) atoms. The van der Waals surface area contributed by atoms with Crippen molar-refractivity contribution in [3.8, 4) is 0 Å². The van der Waals surface area contributed by atoms with E-state index in [0.717, 1.165) is 12.1 Å². The van der Waals surface area contributed by atoms with Crippen molar-refractivity contribution in [2.75, 3.05) is 6.61 Å². The zero-order chi connectivity index (χ0) is 15.5. The van der Waals surface area contributed by atoms with Crippen LogP contribution in [0.2, 0.25) is 0 Å². The number of sulfonamides is 1. The zero-order valence-electron chi connectivity index (χ0n) is 10.8. The Bertz CT molecular complexity index is 722. The molecule has 0 saturated heterocycles. The number of hydrogen-bond acceptors (Lipinski definition) is 3. The highest BCUT2D eigenvalue weighted by atomic mass is 79.9. The summed E-state index contributed by atoms with van der Waals surface area (Å²) in [4.78, 5) is -0.0849. The minimum absolute atomic E-state index is 0.0849. The normalized spacial score (nSPS) is 13.1. The van der Waals surface area contributed by atoms with E-state index in [2.05, 4.69) is 20.7 Å². The Labute approximate surface area is 130 Å². The first-order chi connectivity index (χ1) is 9.94. The van der Waals surface area contributed by atoms with Crippen LogP contribution in [0.4, 0.5) is 4.39 Å². The Hall–Kier alpha value is -1.28. The Balaban J connectivity index is 2.32. The molecule has 0 unspecified atom stereocenters. The summed E-state index contributed by atoms with van der Waals surface area (Å²) in [5.74, 6) is -0.539. The van der Waals surface area contributed by atoms with Gasteiger partial charge in [-0.3, -0.25) is 0 Å². The number of aliphatic hydroxyl groups is 1. The molecule has 2 rings (SSSR count). The number of halogens is 2. The van der Waals surface area contributed by atoms with Crippen LogP contribution in [0, 0.1) is 5.82 Å². The van der Waals surface area contributed by atoms with E-state index in [0.29, 0.717) is 5.56 Å². The molecule has 2 aromatic rings. The minimum Gasteiger partial charge on any atom is -0.394 e. The Morgan fingerprint density at radius 2 is 1.86 bits per heavy atom. The highest BCUT2D eigenvalue weighted by Crippen LogP contribution is 2.24. The van der Waals surface area contributed by atoms with Gasteiger partial charge < -0.3 is 5.11 Å². The fourth-order valence-corrected chi connectivity index (χ4v) is 4.11. The molecule has 1 atom stereocenters. The quantitative estimate of drug-likeness (QED) is 0.846. The predicted octanol–water partition coefficient (Wildman–Crippen LogP) is 2.60. The van der Waals surface area contributed by atoms with Crippen LogP contribution in [0.5, 0.6) is 0 Å². The SMILES string of the molecule is O=S(=O)(N[C@H](CO)c1ccccc1)c1ccc(F)cc1Br. The molecule has 0 aliphatic carbocycles. The van der Waals surface area contributed by atoms with Gasteiger partial charge in [-0.2, -0.15) is 0 Å². The van der Waals surface area contributed by atoms with Crippen LogP contribution in [-0.4, -0.2) is 20.1 Å². The van der Waals surface area contributed by atoms with Crippen molar-refractivity contribution in [1.82, 2.24) is 4.72 Å². The highest BCUT2D eigenvalue weighted by Gasteiger charge is 2.23. The largest absolute Gasteiger partial charge is 0.394 e. The number of rotatable bonds is 5. The van der Waals surface area contributed by atoms with E-state index in [1.807, 2.05) is 0 Å². The summed E-state index contributed by atoms with van der Waals surface area (Å²) >= 11 is 3.03. The molecule has 0 heterocycles. The van der Waals surface area contributed by atoms with Crippen molar-refractivity contribution in [2.45, 2.75) is 10.9 Å². The highest BCUT2D eigenvalue weighted by molar-refractivity contribution is 9.10. The molecule has 0 aromatic heterocycles. The lowest BCUT2D eigenvalue weighted by molar-refractivity contribution is 0.259. The molecule has 0 amide bonds. The van der Waals surface area contributed by atoms with Gasteiger partial charge in [-0.15, -0.1) is 0 Å². The number of nitrogens with one attached hydrogen (secondary N) is 1. The van der Waals surface area contributed by atoms with Gasteiger partial charge in [-0.05, 0) is 39.7 Å². The van der Waals surface area contributed by atoms with Crippen LogP contribution in [0.15, 0.2) is 57.9 Å². The first kappa shape index (κ1) is 16.1. The summed E-state index contributed by atoms with van der Waals surface area (Å²) in [7, 11) is -3.89. The lowest BCUT2D eigenvalue weighted by atomic mass is 10.1. The van der Waals surface area contributed by atoms with Gasteiger partial charge in [0.25, 0.3) is 0 Å². The van der Waals surface area contributed by atoms with Crippen LogP contribution in [-0.2, 0) is 10.0 Å². The van der Waals surface area contributed by atoms with Crippen LogP contribution in [0.1, 0.15) is 11.6 Å². The summed E-state index contributed by atoms with van der Waals surface area (Å²) in [6.07, 6.45) is 0. The van der Waals surface area contributed by atoms with Crippen molar-refractivity contribution in [1.29, 1.82) is 0 Å². The van der Waals surface area contributed by atoms with Crippen molar-refractivity contribution in [3.05, 3.63) is 64.4 Å². The minimum atomic E-state index is -3.89. The molecule has 112 valence electrons. The van der Waals surface area contributed by atoms with E-state index in [4.69, 9.17) is 0 Å². The summed E-state index contributed by atoms with van der Waals surface area (Å²) in [6, 6.07) is 11.3. The molecular weight excluding hydrogens is 361 g/mol. The fourth-order valence-electron chi connectivity index (χ4n) is 1.84. The third-order valence-electron chi connectivity index (χ3n) is 2.87. The monoisotopic (exact) mass is 373 g/mol. The second-order valence-corrected chi connectivity index (χ2v) is 6.88. The van der Waals surface area contributed by atoms with E-state index in [1.54, 1.807) is 30.3 Å². The predicted molar refractivity (Wildman–Crippen MR) is 80.7 cm³/mol. The molecule has 0 radical (unpaired) electrons. The molecule has 2 aromatic carbocycles. The maximum absolute atomic E-state index is 13.0. The summed E-state index contributed by atoms with van der Waals surface area (Å²) in [5.41, 5.74) is 0.641. The lowest BCUT2D eigenvalue weighted by Gasteiger charge is -2.17. The van der Waals surface area contributed by atoms with Crippen molar-refractivity contribution < 1.29 is 17.9 Å². The molecule has 4 nitrogen and oxygen atoms in total. The Morgan fingerprint density at radius 3 is 2.43 bits per heavy atom. The zero-order valence-corrected chi connectivity index (χ0v) is 13.2. The van der Waals surface area contributed by atoms with Gasteiger partial charge in [-0.1, -0.05) is 30.3 Å². The Kier molecular flexibility index (Phi) is 5.10. The van der Waals surface area contributed by atoms with Crippen LogP contribution >= 0.6 is 15.9 Å². The van der Waals surface area contributed by atoms with Gasteiger partial charge in [0.05, 0.1) is 17.5 Å². The third-order valence-corrected chi connectivity index (χ3v) is 5.31. The van der Waals surface area contributed by atoms with Crippen LogP contribution in [0.3, 0.4) is 0 Å². The number of hydrogen-bond donors (Lipinski definition) is 2. The van der Waals surface area contributed by atoms with E-state index in [9.17, 15) is 17.9 Å². The smallest absolute Gasteiger partial charge is 0.242 e. The van der Waals surface area contributed by atoms with Crippen molar-refractivity contribution in [2.24, 2.45) is 0 Å². The van der Waals surface area contributed by atoms with Gasteiger partial charge in [0.15, 0.2) is 0 Å². The molecule has 7 heteroatoms. The van der Waals surface area contributed by atoms with Gasteiger partial charge in [0.2, 0.25) is 10.0 Å².